The van der Waals surface area contributed by atoms with E-state index in [0.29, 0.717) is 6.54 Å². The Morgan fingerprint density at radius 1 is 1.25 bits per heavy atom. The van der Waals surface area contributed by atoms with Gasteiger partial charge in [-0.15, -0.1) is 0 Å². The summed E-state index contributed by atoms with van der Waals surface area (Å²) in [6.45, 7) is 2.65. The Kier molecular flexibility index (Phi) is 5.06. The Morgan fingerprint density at radius 2 is 1.95 bits per heavy atom. The van der Waals surface area contributed by atoms with Gasteiger partial charge in [-0.05, 0) is 37.7 Å². The Bertz CT molecular complexity index is 529. The molecule has 4 nitrogen and oxygen atoms in total. The molecule has 2 atom stereocenters. The smallest absolute Gasteiger partial charge is 0.115 e. The van der Waals surface area contributed by atoms with Crippen LogP contribution in [0.15, 0.2) is 42.9 Å². The Balaban J connectivity index is 2.20. The van der Waals surface area contributed by atoms with E-state index in [1.807, 2.05) is 30.3 Å². The van der Waals surface area contributed by atoms with Gasteiger partial charge in [0, 0.05) is 23.8 Å². The third-order valence-electron chi connectivity index (χ3n) is 3.62. The van der Waals surface area contributed by atoms with Crippen molar-refractivity contribution in [3.05, 3.63) is 59.1 Å². The molecule has 0 bridgehead atoms. The van der Waals surface area contributed by atoms with Crippen LogP contribution in [0, 0.1) is 0 Å². The standard InChI is InChI=1S/C15H19ClN4/c1-11(12-3-5-13(16)6-4-12)20(2)15(9-17)14-7-8-18-10-19-14/h3-8,10-11,15H,9,17H2,1-2H3. The van der Waals surface area contributed by atoms with Crippen LogP contribution in [0.3, 0.4) is 0 Å². The maximum Gasteiger partial charge on any atom is 0.115 e. The van der Waals surface area contributed by atoms with Gasteiger partial charge in [-0.1, -0.05) is 23.7 Å². The molecule has 2 unspecified atom stereocenters. The second-order valence-electron chi connectivity index (χ2n) is 4.78. The topological polar surface area (TPSA) is 55.0 Å². The summed E-state index contributed by atoms with van der Waals surface area (Å²) in [4.78, 5) is 10.5. The van der Waals surface area contributed by atoms with Gasteiger partial charge in [0.15, 0.2) is 0 Å². The molecule has 2 rings (SSSR count). The van der Waals surface area contributed by atoms with Crippen molar-refractivity contribution in [1.82, 2.24) is 14.9 Å². The van der Waals surface area contributed by atoms with Crippen LogP contribution in [0.25, 0.3) is 0 Å². The molecule has 0 spiro atoms. The fraction of sp³-hybridized carbons (Fsp3) is 0.333. The summed E-state index contributed by atoms with van der Waals surface area (Å²) >= 11 is 5.93. The molecule has 0 saturated heterocycles. The number of halogens is 1. The third-order valence-corrected chi connectivity index (χ3v) is 3.88. The maximum absolute atomic E-state index is 5.93. The lowest BCUT2D eigenvalue weighted by atomic mass is 10.0. The van der Waals surface area contributed by atoms with Crippen molar-refractivity contribution in [3.63, 3.8) is 0 Å². The normalized spacial score (nSPS) is 14.2. The Labute approximate surface area is 124 Å². The van der Waals surface area contributed by atoms with Crippen LogP contribution in [0.1, 0.15) is 30.3 Å². The highest BCUT2D eigenvalue weighted by atomic mass is 35.5. The van der Waals surface area contributed by atoms with E-state index in [9.17, 15) is 0 Å². The van der Waals surface area contributed by atoms with E-state index in [1.165, 1.54) is 5.56 Å². The Hall–Kier alpha value is -1.49. The van der Waals surface area contributed by atoms with Gasteiger partial charge in [0.1, 0.15) is 6.33 Å². The molecule has 0 saturated carbocycles. The van der Waals surface area contributed by atoms with E-state index >= 15 is 0 Å². The summed E-state index contributed by atoms with van der Waals surface area (Å²) in [5.41, 5.74) is 8.06. The second-order valence-corrected chi connectivity index (χ2v) is 5.22. The molecule has 0 radical (unpaired) electrons. The van der Waals surface area contributed by atoms with Gasteiger partial charge in [0.2, 0.25) is 0 Å². The van der Waals surface area contributed by atoms with E-state index in [-0.39, 0.29) is 12.1 Å². The quantitative estimate of drug-likeness (QED) is 0.920. The SMILES string of the molecule is CC(c1ccc(Cl)cc1)N(C)C(CN)c1ccncn1. The number of aromatic nitrogens is 2. The number of nitrogens with zero attached hydrogens (tertiary/aromatic N) is 3. The van der Waals surface area contributed by atoms with Crippen molar-refractivity contribution >= 4 is 11.6 Å². The highest BCUT2D eigenvalue weighted by molar-refractivity contribution is 6.30. The van der Waals surface area contributed by atoms with Crippen molar-refractivity contribution < 1.29 is 0 Å². The first-order chi connectivity index (χ1) is 9.63. The van der Waals surface area contributed by atoms with Crippen LogP contribution < -0.4 is 5.73 Å². The van der Waals surface area contributed by atoms with Gasteiger partial charge in [0.25, 0.3) is 0 Å². The first kappa shape index (κ1) is 14.9. The van der Waals surface area contributed by atoms with Crippen LogP contribution in [0.2, 0.25) is 5.02 Å². The molecular weight excluding hydrogens is 272 g/mol. The average molecular weight is 291 g/mol. The lowest BCUT2D eigenvalue weighted by molar-refractivity contribution is 0.186. The van der Waals surface area contributed by atoms with Crippen LogP contribution in [0.5, 0.6) is 0 Å². The lowest BCUT2D eigenvalue weighted by Gasteiger charge is -2.32. The number of hydrogen-bond donors (Lipinski definition) is 1. The highest BCUT2D eigenvalue weighted by Gasteiger charge is 2.22. The molecule has 0 aliphatic heterocycles. The van der Waals surface area contributed by atoms with Crippen LogP contribution in [-0.4, -0.2) is 28.5 Å². The zero-order valence-corrected chi connectivity index (χ0v) is 12.5. The first-order valence-corrected chi connectivity index (χ1v) is 6.94. The second kappa shape index (κ2) is 6.79. The van der Waals surface area contributed by atoms with Crippen LogP contribution in [0.4, 0.5) is 0 Å². The largest absolute Gasteiger partial charge is 0.329 e. The van der Waals surface area contributed by atoms with Crippen molar-refractivity contribution in [2.24, 2.45) is 5.73 Å². The predicted molar refractivity (Wildman–Crippen MR) is 81.5 cm³/mol. The minimum Gasteiger partial charge on any atom is -0.329 e. The van der Waals surface area contributed by atoms with Crippen molar-refractivity contribution in [3.8, 4) is 0 Å². The molecule has 1 aromatic carbocycles. The zero-order chi connectivity index (χ0) is 14.5. The van der Waals surface area contributed by atoms with E-state index in [0.717, 1.165) is 10.7 Å². The number of likely N-dealkylation sites (N-methyl/N-ethyl adjacent to an activating group) is 1. The third kappa shape index (κ3) is 3.33. The summed E-state index contributed by atoms with van der Waals surface area (Å²) in [6, 6.07) is 10.1. The van der Waals surface area contributed by atoms with Crippen molar-refractivity contribution in [1.29, 1.82) is 0 Å². The molecule has 20 heavy (non-hydrogen) atoms. The summed E-state index contributed by atoms with van der Waals surface area (Å²) in [7, 11) is 2.05. The van der Waals surface area contributed by atoms with E-state index in [4.69, 9.17) is 17.3 Å². The molecule has 5 heteroatoms. The summed E-state index contributed by atoms with van der Waals surface area (Å²) in [5, 5.41) is 0.745. The van der Waals surface area contributed by atoms with Gasteiger partial charge in [0.05, 0.1) is 11.7 Å². The highest BCUT2D eigenvalue weighted by Crippen LogP contribution is 2.27. The molecule has 0 fully saturated rings. The summed E-state index contributed by atoms with van der Waals surface area (Å²) < 4.78 is 0. The van der Waals surface area contributed by atoms with E-state index in [1.54, 1.807) is 12.5 Å². The van der Waals surface area contributed by atoms with Crippen molar-refractivity contribution in [2.45, 2.75) is 19.0 Å². The summed E-state index contributed by atoms with van der Waals surface area (Å²) in [5.74, 6) is 0. The molecule has 2 aromatic rings. The van der Waals surface area contributed by atoms with Crippen LogP contribution in [-0.2, 0) is 0 Å². The molecule has 0 aliphatic carbocycles. The molecule has 106 valence electrons. The molecule has 1 aromatic heterocycles. The molecular formula is C15H19ClN4. The van der Waals surface area contributed by atoms with Gasteiger partial charge in [-0.25, -0.2) is 9.97 Å². The van der Waals surface area contributed by atoms with Gasteiger partial charge in [-0.2, -0.15) is 0 Å². The van der Waals surface area contributed by atoms with Crippen molar-refractivity contribution in [2.75, 3.05) is 13.6 Å². The number of hydrogen-bond acceptors (Lipinski definition) is 4. The zero-order valence-electron chi connectivity index (χ0n) is 11.7. The van der Waals surface area contributed by atoms with Gasteiger partial charge in [-0.3, -0.25) is 4.90 Å². The van der Waals surface area contributed by atoms with E-state index < -0.39 is 0 Å². The molecule has 2 N–H and O–H groups in total. The fourth-order valence-electron chi connectivity index (χ4n) is 2.24. The van der Waals surface area contributed by atoms with Gasteiger partial charge >= 0.3 is 0 Å². The minimum atomic E-state index is 0.0590. The number of nitrogens with two attached hydrogens (primary N) is 1. The van der Waals surface area contributed by atoms with Crippen LogP contribution >= 0.6 is 11.6 Å². The summed E-state index contributed by atoms with van der Waals surface area (Å²) in [6.07, 6.45) is 3.30. The predicted octanol–water partition coefficient (Wildman–Crippen LogP) is 2.82. The average Bonchev–Trinajstić information content (AvgIpc) is 2.49. The number of benzene rings is 1. The lowest BCUT2D eigenvalue weighted by Crippen LogP contribution is -2.33. The first-order valence-electron chi connectivity index (χ1n) is 6.57. The van der Waals surface area contributed by atoms with Gasteiger partial charge < -0.3 is 5.73 Å². The van der Waals surface area contributed by atoms with E-state index in [2.05, 4.69) is 28.8 Å². The Morgan fingerprint density at radius 3 is 2.50 bits per heavy atom. The maximum atomic E-state index is 5.93. The molecule has 0 aliphatic rings. The molecule has 0 amide bonds. The number of rotatable bonds is 5. The monoisotopic (exact) mass is 290 g/mol. The molecule has 1 heterocycles. The minimum absolute atomic E-state index is 0.0590. The fourth-order valence-corrected chi connectivity index (χ4v) is 2.37.